The van der Waals surface area contributed by atoms with E-state index in [1.54, 1.807) is 24.9 Å². The van der Waals surface area contributed by atoms with Gasteiger partial charge in [0.2, 0.25) is 0 Å². The van der Waals surface area contributed by atoms with Crippen molar-refractivity contribution in [3.63, 3.8) is 0 Å². The third-order valence-corrected chi connectivity index (χ3v) is 2.65. The zero-order valence-electron chi connectivity index (χ0n) is 7.72. The molecule has 1 unspecified atom stereocenters. The van der Waals surface area contributed by atoms with Crippen LogP contribution in [0.3, 0.4) is 0 Å². The minimum atomic E-state index is -0.230. The Morgan fingerprint density at radius 2 is 2.33 bits per heavy atom. The third kappa shape index (κ3) is 2.06. The van der Waals surface area contributed by atoms with E-state index in [1.807, 2.05) is 6.07 Å². The second kappa shape index (κ2) is 4.52. The van der Waals surface area contributed by atoms with E-state index in [4.69, 9.17) is 10.3 Å². The van der Waals surface area contributed by atoms with Crippen LogP contribution in [0.1, 0.15) is 17.3 Å². The van der Waals surface area contributed by atoms with Crippen molar-refractivity contribution in [1.82, 2.24) is 15.4 Å². The van der Waals surface area contributed by atoms with E-state index in [0.717, 1.165) is 11.3 Å². The number of nitrogens with zero attached hydrogens (tertiary/aromatic N) is 2. The van der Waals surface area contributed by atoms with Crippen LogP contribution in [-0.4, -0.2) is 9.97 Å². The van der Waals surface area contributed by atoms with Gasteiger partial charge in [-0.25, -0.2) is 5.43 Å². The van der Waals surface area contributed by atoms with Crippen molar-refractivity contribution >= 4 is 15.9 Å². The normalized spacial score (nSPS) is 12.7. The molecule has 0 radical (unpaired) electrons. The Kier molecular flexibility index (Phi) is 3.10. The van der Waals surface area contributed by atoms with Crippen LogP contribution >= 0.6 is 15.9 Å². The lowest BCUT2D eigenvalue weighted by Gasteiger charge is -2.13. The van der Waals surface area contributed by atoms with Gasteiger partial charge in [-0.3, -0.25) is 15.8 Å². The smallest absolute Gasteiger partial charge is 0.174 e. The lowest BCUT2D eigenvalue weighted by molar-refractivity contribution is 0.524. The summed E-state index contributed by atoms with van der Waals surface area (Å²) in [6.07, 6.45) is 6.47. The van der Waals surface area contributed by atoms with E-state index in [2.05, 4.69) is 31.3 Å². The summed E-state index contributed by atoms with van der Waals surface area (Å²) in [4.78, 5) is 8.17. The second-order valence-corrected chi connectivity index (χ2v) is 3.60. The molecule has 1 atom stereocenters. The molecule has 0 spiro atoms. The fourth-order valence-electron chi connectivity index (χ4n) is 1.30. The Bertz CT molecular complexity index is 431. The van der Waals surface area contributed by atoms with Gasteiger partial charge in [-0.15, -0.1) is 0 Å². The molecule has 5 nitrogen and oxygen atoms in total. The summed E-state index contributed by atoms with van der Waals surface area (Å²) < 4.78 is 5.78. The van der Waals surface area contributed by atoms with Gasteiger partial charge in [0.05, 0.1) is 24.2 Å². The van der Waals surface area contributed by atoms with Gasteiger partial charge in [0, 0.05) is 18.0 Å². The zero-order valence-corrected chi connectivity index (χ0v) is 9.31. The summed E-state index contributed by atoms with van der Waals surface area (Å²) in [6, 6.07) is 1.59. The number of aromatic nitrogens is 2. The molecule has 2 rings (SSSR count). The number of nitrogens with one attached hydrogen (secondary N) is 1. The molecule has 15 heavy (non-hydrogen) atoms. The SMILES string of the molecule is NNC(c1cnccn1)c1ccoc1Br. The molecule has 0 bridgehead atoms. The predicted molar refractivity (Wildman–Crippen MR) is 57.6 cm³/mol. The first-order valence-electron chi connectivity index (χ1n) is 4.28. The van der Waals surface area contributed by atoms with Gasteiger partial charge in [-0.1, -0.05) is 0 Å². The van der Waals surface area contributed by atoms with E-state index < -0.39 is 0 Å². The minimum absolute atomic E-state index is 0.230. The Morgan fingerprint density at radius 3 is 2.87 bits per heavy atom. The quantitative estimate of drug-likeness (QED) is 0.650. The largest absolute Gasteiger partial charge is 0.457 e. The average molecular weight is 269 g/mol. The number of halogens is 1. The topological polar surface area (TPSA) is 77.0 Å². The fraction of sp³-hybridized carbons (Fsp3) is 0.111. The van der Waals surface area contributed by atoms with Gasteiger partial charge in [-0.05, 0) is 22.0 Å². The van der Waals surface area contributed by atoms with Crippen molar-refractivity contribution in [3.05, 3.63) is 46.8 Å². The van der Waals surface area contributed by atoms with Crippen molar-refractivity contribution in [1.29, 1.82) is 0 Å². The van der Waals surface area contributed by atoms with Crippen LogP contribution in [-0.2, 0) is 0 Å². The maximum Gasteiger partial charge on any atom is 0.174 e. The molecule has 0 aliphatic carbocycles. The minimum Gasteiger partial charge on any atom is -0.457 e. The maximum absolute atomic E-state index is 5.48. The average Bonchev–Trinajstić information content (AvgIpc) is 2.68. The Hall–Kier alpha value is -1.24. The summed E-state index contributed by atoms with van der Waals surface area (Å²) in [7, 11) is 0. The Morgan fingerprint density at radius 1 is 1.47 bits per heavy atom. The lowest BCUT2D eigenvalue weighted by atomic mass is 10.1. The molecule has 0 amide bonds. The molecule has 78 valence electrons. The lowest BCUT2D eigenvalue weighted by Crippen LogP contribution is -2.29. The standard InChI is InChI=1S/C9H9BrN4O/c10-9-6(1-4-15-9)8(14-11)7-5-12-2-3-13-7/h1-5,8,14H,11H2. The van der Waals surface area contributed by atoms with Crippen molar-refractivity contribution in [2.75, 3.05) is 0 Å². The van der Waals surface area contributed by atoms with Crippen molar-refractivity contribution < 1.29 is 4.42 Å². The highest BCUT2D eigenvalue weighted by Gasteiger charge is 2.18. The molecule has 0 saturated heterocycles. The first-order chi connectivity index (χ1) is 7.33. The van der Waals surface area contributed by atoms with Gasteiger partial charge >= 0.3 is 0 Å². The fourth-order valence-corrected chi connectivity index (χ4v) is 1.77. The highest BCUT2D eigenvalue weighted by atomic mass is 79.9. The van der Waals surface area contributed by atoms with Crippen LogP contribution in [0.5, 0.6) is 0 Å². The van der Waals surface area contributed by atoms with E-state index in [1.165, 1.54) is 0 Å². The third-order valence-electron chi connectivity index (χ3n) is 2.00. The summed E-state index contributed by atoms with van der Waals surface area (Å²) in [6.45, 7) is 0. The van der Waals surface area contributed by atoms with Crippen LogP contribution in [0.4, 0.5) is 0 Å². The molecule has 0 saturated carbocycles. The number of hydrazine groups is 1. The summed E-state index contributed by atoms with van der Waals surface area (Å²) in [5.74, 6) is 5.48. The molecule has 2 heterocycles. The zero-order chi connectivity index (χ0) is 10.7. The van der Waals surface area contributed by atoms with Gasteiger partial charge in [0.15, 0.2) is 4.67 Å². The van der Waals surface area contributed by atoms with E-state index in [0.29, 0.717) is 4.67 Å². The molecule has 0 aromatic carbocycles. The predicted octanol–water partition coefficient (Wildman–Crippen LogP) is 1.38. The van der Waals surface area contributed by atoms with Crippen molar-refractivity contribution in [2.45, 2.75) is 6.04 Å². The molecule has 6 heteroatoms. The Labute approximate surface area is 94.8 Å². The van der Waals surface area contributed by atoms with Gasteiger partial charge < -0.3 is 4.42 Å². The molecular formula is C9H9BrN4O. The van der Waals surface area contributed by atoms with E-state index in [-0.39, 0.29) is 6.04 Å². The van der Waals surface area contributed by atoms with Gasteiger partial charge in [-0.2, -0.15) is 0 Å². The van der Waals surface area contributed by atoms with Crippen molar-refractivity contribution in [3.8, 4) is 0 Å². The van der Waals surface area contributed by atoms with Gasteiger partial charge in [0.25, 0.3) is 0 Å². The van der Waals surface area contributed by atoms with Crippen LogP contribution in [0.15, 0.2) is 40.0 Å². The number of nitrogens with two attached hydrogens (primary N) is 1. The summed E-state index contributed by atoms with van der Waals surface area (Å²) in [5, 5.41) is 0. The van der Waals surface area contributed by atoms with E-state index >= 15 is 0 Å². The molecule has 0 aliphatic rings. The molecule has 2 aromatic heterocycles. The molecular weight excluding hydrogens is 260 g/mol. The molecule has 3 N–H and O–H groups in total. The van der Waals surface area contributed by atoms with Crippen LogP contribution in [0.2, 0.25) is 0 Å². The second-order valence-electron chi connectivity index (χ2n) is 2.88. The summed E-state index contributed by atoms with van der Waals surface area (Å²) in [5.41, 5.74) is 4.29. The van der Waals surface area contributed by atoms with Crippen molar-refractivity contribution in [2.24, 2.45) is 5.84 Å². The highest BCUT2D eigenvalue weighted by molar-refractivity contribution is 9.10. The number of furan rings is 1. The van der Waals surface area contributed by atoms with Crippen LogP contribution in [0.25, 0.3) is 0 Å². The Balaban J connectivity index is 2.37. The first kappa shape index (κ1) is 10.3. The summed E-state index contributed by atoms with van der Waals surface area (Å²) >= 11 is 3.29. The van der Waals surface area contributed by atoms with E-state index in [9.17, 15) is 0 Å². The monoisotopic (exact) mass is 268 g/mol. The highest BCUT2D eigenvalue weighted by Crippen LogP contribution is 2.27. The first-order valence-corrected chi connectivity index (χ1v) is 5.07. The molecule has 0 aliphatic heterocycles. The van der Waals surface area contributed by atoms with Gasteiger partial charge in [0.1, 0.15) is 0 Å². The van der Waals surface area contributed by atoms with Crippen LogP contribution < -0.4 is 11.3 Å². The number of rotatable bonds is 3. The maximum atomic E-state index is 5.48. The van der Waals surface area contributed by atoms with Crippen LogP contribution in [0, 0.1) is 0 Å². The number of hydrogen-bond acceptors (Lipinski definition) is 5. The number of hydrogen-bond donors (Lipinski definition) is 2. The molecule has 2 aromatic rings. The molecule has 0 fully saturated rings.